The topological polar surface area (TPSA) is 38.8 Å². The number of carbonyl (C=O) groups excluding carboxylic acids is 1. The summed E-state index contributed by atoms with van der Waals surface area (Å²) in [5.74, 6) is -1.17. The smallest absolute Gasteiger partial charge is 0.489 e. The molecule has 2 fully saturated rings. The second-order valence-corrected chi connectivity index (χ2v) is 8.20. The van der Waals surface area contributed by atoms with Crippen molar-refractivity contribution >= 4 is 17.5 Å². The molecule has 0 atom stereocenters. The third kappa shape index (κ3) is 5.42. The highest BCUT2D eigenvalue weighted by molar-refractivity contribution is 6.30. The number of ether oxygens (including phenoxy) is 2. The van der Waals surface area contributed by atoms with E-state index >= 15 is 0 Å². The van der Waals surface area contributed by atoms with Crippen LogP contribution in [0, 0.1) is 5.82 Å². The molecule has 0 bridgehead atoms. The van der Waals surface area contributed by atoms with Gasteiger partial charge in [0.15, 0.2) is 0 Å². The summed E-state index contributed by atoms with van der Waals surface area (Å²) in [5.41, 5.74) is 1.44. The monoisotopic (exact) mass is 457 g/mol. The molecule has 0 radical (unpaired) electrons. The van der Waals surface area contributed by atoms with Crippen LogP contribution in [0.25, 0.3) is 0 Å². The number of amides is 1. The van der Waals surface area contributed by atoms with E-state index in [4.69, 9.17) is 16.3 Å². The SMILES string of the molecule is O=C(c1cc(C2CC2)c(COc2cc(Cl)cc(OC(F)(F)F)c2)cc1F)N1CCCC1. The van der Waals surface area contributed by atoms with Crippen LogP contribution in [0.15, 0.2) is 30.3 Å². The molecular weight excluding hydrogens is 438 g/mol. The number of likely N-dealkylation sites (tertiary alicyclic amines) is 1. The third-order valence-electron chi connectivity index (χ3n) is 5.34. The van der Waals surface area contributed by atoms with Gasteiger partial charge in [0.2, 0.25) is 0 Å². The molecule has 1 heterocycles. The molecule has 2 aliphatic rings. The largest absolute Gasteiger partial charge is 0.573 e. The normalized spacial score (nSPS) is 16.5. The van der Waals surface area contributed by atoms with Crippen molar-refractivity contribution in [1.29, 1.82) is 0 Å². The number of halogens is 5. The van der Waals surface area contributed by atoms with E-state index in [1.165, 1.54) is 12.1 Å². The Kier molecular flexibility index (Phi) is 6.01. The van der Waals surface area contributed by atoms with Gasteiger partial charge in [-0.2, -0.15) is 0 Å². The second-order valence-electron chi connectivity index (χ2n) is 7.76. The molecule has 0 spiro atoms. The average molecular weight is 458 g/mol. The number of alkyl halides is 3. The highest BCUT2D eigenvalue weighted by Gasteiger charge is 2.32. The molecule has 0 aromatic heterocycles. The van der Waals surface area contributed by atoms with E-state index in [0.717, 1.165) is 43.4 Å². The van der Waals surface area contributed by atoms with Gasteiger partial charge in [-0.3, -0.25) is 4.79 Å². The molecule has 1 saturated heterocycles. The van der Waals surface area contributed by atoms with Crippen LogP contribution in [0.2, 0.25) is 5.02 Å². The molecule has 9 heteroatoms. The van der Waals surface area contributed by atoms with Gasteiger partial charge in [-0.25, -0.2) is 4.39 Å². The summed E-state index contributed by atoms with van der Waals surface area (Å²) in [6, 6.07) is 6.33. The molecule has 0 N–H and O–H groups in total. The lowest BCUT2D eigenvalue weighted by Crippen LogP contribution is -2.28. The van der Waals surface area contributed by atoms with Crippen molar-refractivity contribution in [2.75, 3.05) is 13.1 Å². The summed E-state index contributed by atoms with van der Waals surface area (Å²) in [7, 11) is 0. The molecular formula is C22H20ClF4NO3. The first kappa shape index (κ1) is 21.7. The van der Waals surface area contributed by atoms with Gasteiger partial charge in [0, 0.05) is 24.2 Å². The van der Waals surface area contributed by atoms with Gasteiger partial charge in [0.25, 0.3) is 5.91 Å². The highest BCUT2D eigenvalue weighted by Crippen LogP contribution is 2.43. The molecule has 1 saturated carbocycles. The second kappa shape index (κ2) is 8.57. The summed E-state index contributed by atoms with van der Waals surface area (Å²) in [6.07, 6.45) is -1.18. The molecule has 166 valence electrons. The standard InChI is InChI=1S/C22H20ClF4NO3/c23-15-8-16(10-17(9-15)31-22(25,26)27)30-12-14-7-20(24)19(11-18(14)13-3-4-13)21(29)28-5-1-2-6-28/h7-11,13H,1-6,12H2. The fraction of sp³-hybridized carbons (Fsp3) is 0.409. The van der Waals surface area contributed by atoms with E-state index < -0.39 is 17.9 Å². The van der Waals surface area contributed by atoms with Crippen LogP contribution in [-0.4, -0.2) is 30.3 Å². The molecule has 2 aromatic rings. The summed E-state index contributed by atoms with van der Waals surface area (Å²) >= 11 is 5.87. The van der Waals surface area contributed by atoms with Crippen LogP contribution in [0.4, 0.5) is 17.6 Å². The van der Waals surface area contributed by atoms with Gasteiger partial charge in [-0.1, -0.05) is 11.6 Å². The van der Waals surface area contributed by atoms with E-state index in [-0.39, 0.29) is 34.8 Å². The maximum atomic E-state index is 14.8. The third-order valence-corrected chi connectivity index (χ3v) is 5.56. The Bertz CT molecular complexity index is 985. The minimum absolute atomic E-state index is 0.0110. The van der Waals surface area contributed by atoms with Crippen molar-refractivity contribution in [3.63, 3.8) is 0 Å². The van der Waals surface area contributed by atoms with Crippen LogP contribution >= 0.6 is 11.6 Å². The predicted molar refractivity (Wildman–Crippen MR) is 106 cm³/mol. The van der Waals surface area contributed by atoms with Gasteiger partial charge in [-0.15, -0.1) is 13.2 Å². The van der Waals surface area contributed by atoms with Crippen LogP contribution in [0.1, 0.15) is 53.1 Å². The molecule has 4 rings (SSSR count). The maximum Gasteiger partial charge on any atom is 0.573 e. The van der Waals surface area contributed by atoms with Crippen molar-refractivity contribution in [1.82, 2.24) is 4.90 Å². The Morgan fingerprint density at radius 3 is 2.39 bits per heavy atom. The fourth-order valence-electron chi connectivity index (χ4n) is 3.76. The maximum absolute atomic E-state index is 14.8. The highest BCUT2D eigenvalue weighted by atomic mass is 35.5. The number of carbonyl (C=O) groups is 1. The minimum Gasteiger partial charge on any atom is -0.489 e. The van der Waals surface area contributed by atoms with Crippen molar-refractivity contribution in [2.45, 2.75) is 44.6 Å². The number of rotatable bonds is 6. The van der Waals surface area contributed by atoms with E-state index in [1.807, 2.05) is 0 Å². The zero-order valence-electron chi connectivity index (χ0n) is 16.5. The number of benzene rings is 2. The fourth-order valence-corrected chi connectivity index (χ4v) is 3.97. The van der Waals surface area contributed by atoms with Crippen molar-refractivity contribution in [3.8, 4) is 11.5 Å². The molecule has 1 amide bonds. The summed E-state index contributed by atoms with van der Waals surface area (Å²) in [6.45, 7) is 1.17. The summed E-state index contributed by atoms with van der Waals surface area (Å²) in [4.78, 5) is 14.3. The Balaban J connectivity index is 1.55. The minimum atomic E-state index is -4.86. The van der Waals surface area contributed by atoms with Gasteiger partial charge >= 0.3 is 6.36 Å². The van der Waals surface area contributed by atoms with Gasteiger partial charge in [0.05, 0.1) is 5.56 Å². The Morgan fingerprint density at radius 2 is 1.74 bits per heavy atom. The average Bonchev–Trinajstić information content (AvgIpc) is 3.37. The lowest BCUT2D eigenvalue weighted by Gasteiger charge is -2.18. The van der Waals surface area contributed by atoms with E-state index in [9.17, 15) is 22.4 Å². The van der Waals surface area contributed by atoms with Crippen molar-refractivity contribution < 1.29 is 31.8 Å². The lowest BCUT2D eigenvalue weighted by atomic mass is 9.99. The van der Waals surface area contributed by atoms with Crippen LogP contribution in [0.3, 0.4) is 0 Å². The van der Waals surface area contributed by atoms with E-state index in [1.54, 1.807) is 11.0 Å². The Hall–Kier alpha value is -2.48. The first-order chi connectivity index (χ1) is 14.7. The van der Waals surface area contributed by atoms with Crippen LogP contribution in [0.5, 0.6) is 11.5 Å². The van der Waals surface area contributed by atoms with Gasteiger partial charge < -0.3 is 14.4 Å². The molecule has 1 aliphatic carbocycles. The van der Waals surface area contributed by atoms with E-state index in [2.05, 4.69) is 4.74 Å². The zero-order chi connectivity index (χ0) is 22.2. The van der Waals surface area contributed by atoms with E-state index in [0.29, 0.717) is 18.7 Å². The predicted octanol–water partition coefficient (Wildman–Crippen LogP) is 6.07. The summed E-state index contributed by atoms with van der Waals surface area (Å²) in [5, 5.41) is 0.0110. The van der Waals surface area contributed by atoms with Gasteiger partial charge in [0.1, 0.15) is 23.9 Å². The first-order valence-corrected chi connectivity index (χ1v) is 10.4. The molecule has 1 aliphatic heterocycles. The van der Waals surface area contributed by atoms with Crippen molar-refractivity contribution in [3.05, 3.63) is 57.9 Å². The van der Waals surface area contributed by atoms with Crippen LogP contribution in [-0.2, 0) is 6.61 Å². The molecule has 0 unspecified atom stereocenters. The summed E-state index contributed by atoms with van der Waals surface area (Å²) < 4.78 is 61.7. The number of hydrogen-bond donors (Lipinski definition) is 0. The van der Waals surface area contributed by atoms with Crippen molar-refractivity contribution in [2.24, 2.45) is 0 Å². The lowest BCUT2D eigenvalue weighted by molar-refractivity contribution is -0.274. The first-order valence-electron chi connectivity index (χ1n) is 10.0. The van der Waals surface area contributed by atoms with Gasteiger partial charge in [-0.05, 0) is 67.0 Å². The quantitative estimate of drug-likeness (QED) is 0.494. The molecule has 4 nitrogen and oxygen atoms in total. The molecule has 2 aromatic carbocycles. The molecule has 31 heavy (non-hydrogen) atoms. The van der Waals surface area contributed by atoms with Crippen LogP contribution < -0.4 is 9.47 Å². The number of nitrogens with zero attached hydrogens (tertiary/aromatic N) is 1. The zero-order valence-corrected chi connectivity index (χ0v) is 17.2. The number of hydrogen-bond acceptors (Lipinski definition) is 3. The Labute approximate surface area is 181 Å². The Morgan fingerprint density at radius 1 is 1.06 bits per heavy atom.